The molecular formula is C17H20Cl2N4O3S. The molecule has 27 heavy (non-hydrogen) atoms. The van der Waals surface area contributed by atoms with E-state index >= 15 is 0 Å². The minimum Gasteiger partial charge on any atom is -0.309 e. The number of amides is 1. The lowest BCUT2D eigenvalue weighted by atomic mass is 9.97. The maximum atomic E-state index is 12.4. The van der Waals surface area contributed by atoms with E-state index in [2.05, 4.69) is 10.4 Å². The number of aromatic nitrogens is 2. The highest BCUT2D eigenvalue weighted by atomic mass is 35.5. The van der Waals surface area contributed by atoms with Gasteiger partial charge in [0.05, 0.1) is 22.8 Å². The Morgan fingerprint density at radius 1 is 1.22 bits per heavy atom. The van der Waals surface area contributed by atoms with Gasteiger partial charge in [0.15, 0.2) is 5.82 Å². The smallest absolute Gasteiger partial charge is 0.228 e. The molecule has 0 spiro atoms. The standard InChI is InChI=1S/C17H20Cl2N4O3S/c1-27(25,26)23-8-4-13(5-9-23)17(24)20-16-6-7-22(21-16)11-12-2-3-14(18)15(19)10-12/h2-3,6-7,10,13H,4-5,8-9,11H2,1H3,(H,20,21,24). The highest BCUT2D eigenvalue weighted by molar-refractivity contribution is 7.88. The molecule has 2 aromatic rings. The molecule has 3 rings (SSSR count). The zero-order valence-electron chi connectivity index (χ0n) is 14.7. The number of nitrogens with one attached hydrogen (secondary N) is 1. The summed E-state index contributed by atoms with van der Waals surface area (Å²) in [6, 6.07) is 7.10. The summed E-state index contributed by atoms with van der Waals surface area (Å²) in [6.45, 7) is 1.23. The Bertz CT molecular complexity index is 937. The van der Waals surface area contributed by atoms with Crippen molar-refractivity contribution >= 4 is 45.0 Å². The Morgan fingerprint density at radius 2 is 1.93 bits per heavy atom. The van der Waals surface area contributed by atoms with E-state index in [1.807, 2.05) is 6.07 Å². The minimum absolute atomic E-state index is 0.136. The van der Waals surface area contributed by atoms with E-state index in [4.69, 9.17) is 23.2 Å². The number of rotatable bonds is 5. The van der Waals surface area contributed by atoms with E-state index in [0.717, 1.165) is 5.56 Å². The van der Waals surface area contributed by atoms with Crippen LogP contribution in [0.4, 0.5) is 5.82 Å². The van der Waals surface area contributed by atoms with Gasteiger partial charge in [-0.25, -0.2) is 12.7 Å². The van der Waals surface area contributed by atoms with Crippen LogP contribution in [-0.2, 0) is 21.4 Å². The zero-order valence-corrected chi connectivity index (χ0v) is 17.1. The molecule has 0 aliphatic carbocycles. The van der Waals surface area contributed by atoms with Gasteiger partial charge < -0.3 is 5.32 Å². The van der Waals surface area contributed by atoms with Crippen molar-refractivity contribution in [1.29, 1.82) is 0 Å². The van der Waals surface area contributed by atoms with Crippen LogP contribution in [0.25, 0.3) is 0 Å². The molecule has 0 unspecified atom stereocenters. The minimum atomic E-state index is -3.20. The van der Waals surface area contributed by atoms with Gasteiger partial charge in [-0.05, 0) is 30.5 Å². The SMILES string of the molecule is CS(=O)(=O)N1CCC(C(=O)Nc2ccn(Cc3ccc(Cl)c(Cl)c3)n2)CC1. The molecule has 0 radical (unpaired) electrons. The van der Waals surface area contributed by atoms with Crippen LogP contribution in [0.1, 0.15) is 18.4 Å². The highest BCUT2D eigenvalue weighted by Gasteiger charge is 2.29. The normalized spacial score (nSPS) is 16.4. The predicted octanol–water partition coefficient (Wildman–Crippen LogP) is 2.85. The average Bonchev–Trinajstić information content (AvgIpc) is 3.04. The van der Waals surface area contributed by atoms with Gasteiger partial charge in [-0.15, -0.1) is 0 Å². The van der Waals surface area contributed by atoms with Crippen LogP contribution in [0.2, 0.25) is 10.0 Å². The fraction of sp³-hybridized carbons (Fsp3) is 0.412. The second kappa shape index (κ2) is 8.18. The van der Waals surface area contributed by atoms with Gasteiger partial charge in [-0.2, -0.15) is 5.10 Å². The number of nitrogens with zero attached hydrogens (tertiary/aromatic N) is 3. The summed E-state index contributed by atoms with van der Waals surface area (Å²) in [6.07, 6.45) is 3.96. The van der Waals surface area contributed by atoms with Gasteiger partial charge in [0.1, 0.15) is 0 Å². The Morgan fingerprint density at radius 3 is 2.56 bits per heavy atom. The molecule has 7 nitrogen and oxygen atoms in total. The molecule has 1 saturated heterocycles. The number of carbonyl (C=O) groups excluding carboxylic acids is 1. The van der Waals surface area contributed by atoms with Crippen LogP contribution in [0.5, 0.6) is 0 Å². The summed E-state index contributed by atoms with van der Waals surface area (Å²) in [5.41, 5.74) is 0.943. The number of piperidine rings is 1. The molecule has 0 saturated carbocycles. The van der Waals surface area contributed by atoms with Crippen molar-refractivity contribution < 1.29 is 13.2 Å². The zero-order chi connectivity index (χ0) is 19.6. The van der Waals surface area contributed by atoms with E-state index in [1.165, 1.54) is 10.6 Å². The first-order valence-corrected chi connectivity index (χ1v) is 11.1. The molecule has 1 amide bonds. The molecule has 1 aromatic heterocycles. The number of carbonyl (C=O) groups is 1. The molecule has 1 N–H and O–H groups in total. The lowest BCUT2D eigenvalue weighted by Gasteiger charge is -2.29. The van der Waals surface area contributed by atoms with Crippen LogP contribution in [0.3, 0.4) is 0 Å². The molecule has 1 aromatic carbocycles. The fourth-order valence-electron chi connectivity index (χ4n) is 3.02. The van der Waals surface area contributed by atoms with Gasteiger partial charge in [-0.3, -0.25) is 9.48 Å². The summed E-state index contributed by atoms with van der Waals surface area (Å²) in [4.78, 5) is 12.4. The lowest BCUT2D eigenvalue weighted by molar-refractivity contribution is -0.120. The summed E-state index contributed by atoms with van der Waals surface area (Å²) in [5, 5.41) is 8.13. The molecule has 2 heterocycles. The number of hydrogen-bond acceptors (Lipinski definition) is 4. The van der Waals surface area contributed by atoms with Crippen LogP contribution >= 0.6 is 23.2 Å². The van der Waals surface area contributed by atoms with Crippen molar-refractivity contribution in [3.05, 3.63) is 46.1 Å². The van der Waals surface area contributed by atoms with Crippen molar-refractivity contribution in [2.75, 3.05) is 24.7 Å². The Balaban J connectivity index is 1.56. The predicted molar refractivity (Wildman–Crippen MR) is 106 cm³/mol. The number of benzene rings is 1. The van der Waals surface area contributed by atoms with Crippen LogP contribution < -0.4 is 5.32 Å². The molecule has 0 atom stereocenters. The quantitative estimate of drug-likeness (QED) is 0.789. The largest absolute Gasteiger partial charge is 0.309 e. The van der Waals surface area contributed by atoms with Crippen molar-refractivity contribution in [3.63, 3.8) is 0 Å². The molecular weight excluding hydrogens is 411 g/mol. The third-order valence-corrected chi connectivity index (χ3v) is 6.56. The van der Waals surface area contributed by atoms with Gasteiger partial charge in [0.2, 0.25) is 15.9 Å². The number of hydrogen-bond donors (Lipinski definition) is 1. The maximum absolute atomic E-state index is 12.4. The van der Waals surface area contributed by atoms with E-state index in [1.54, 1.807) is 29.1 Å². The molecule has 10 heteroatoms. The highest BCUT2D eigenvalue weighted by Crippen LogP contribution is 2.23. The van der Waals surface area contributed by atoms with E-state index in [0.29, 0.717) is 48.3 Å². The molecule has 146 valence electrons. The van der Waals surface area contributed by atoms with Crippen LogP contribution in [0.15, 0.2) is 30.5 Å². The second-order valence-electron chi connectivity index (χ2n) is 6.57. The molecule has 1 aliphatic rings. The monoisotopic (exact) mass is 430 g/mol. The van der Waals surface area contributed by atoms with Gasteiger partial charge in [-0.1, -0.05) is 29.3 Å². The molecule has 1 aliphatic heterocycles. The summed E-state index contributed by atoms with van der Waals surface area (Å²) in [5.74, 6) is 0.108. The summed E-state index contributed by atoms with van der Waals surface area (Å²) < 4.78 is 26.2. The van der Waals surface area contributed by atoms with E-state index in [9.17, 15) is 13.2 Å². The first-order valence-electron chi connectivity index (χ1n) is 8.46. The first kappa shape index (κ1) is 20.1. The van der Waals surface area contributed by atoms with Crippen molar-refractivity contribution in [3.8, 4) is 0 Å². The summed E-state index contributed by atoms with van der Waals surface area (Å²) in [7, 11) is -3.20. The van der Waals surface area contributed by atoms with E-state index in [-0.39, 0.29) is 11.8 Å². The number of sulfonamides is 1. The van der Waals surface area contributed by atoms with Crippen molar-refractivity contribution in [1.82, 2.24) is 14.1 Å². The fourth-order valence-corrected chi connectivity index (χ4v) is 4.21. The van der Waals surface area contributed by atoms with Gasteiger partial charge in [0, 0.05) is 31.3 Å². The molecule has 1 fully saturated rings. The number of halogens is 2. The Kier molecular flexibility index (Phi) is 6.10. The topological polar surface area (TPSA) is 84.3 Å². The van der Waals surface area contributed by atoms with Crippen molar-refractivity contribution in [2.24, 2.45) is 5.92 Å². The third-order valence-electron chi connectivity index (χ3n) is 4.51. The lowest BCUT2D eigenvalue weighted by Crippen LogP contribution is -2.40. The maximum Gasteiger partial charge on any atom is 0.228 e. The average molecular weight is 431 g/mol. The van der Waals surface area contributed by atoms with E-state index < -0.39 is 10.0 Å². The van der Waals surface area contributed by atoms with Gasteiger partial charge >= 0.3 is 0 Å². The Hall–Kier alpha value is -1.61. The van der Waals surface area contributed by atoms with Crippen LogP contribution in [0, 0.1) is 5.92 Å². The second-order valence-corrected chi connectivity index (χ2v) is 9.37. The third kappa shape index (κ3) is 5.22. The number of anilines is 1. The Labute approximate surface area is 168 Å². The van der Waals surface area contributed by atoms with Crippen LogP contribution in [-0.4, -0.2) is 47.8 Å². The summed E-state index contributed by atoms with van der Waals surface area (Å²) >= 11 is 11.9. The van der Waals surface area contributed by atoms with Crippen molar-refractivity contribution in [2.45, 2.75) is 19.4 Å². The first-order chi connectivity index (χ1) is 12.7. The van der Waals surface area contributed by atoms with Gasteiger partial charge in [0.25, 0.3) is 0 Å². The molecule has 0 bridgehead atoms.